The van der Waals surface area contributed by atoms with Crippen LogP contribution in [0, 0.1) is 13.8 Å². The molecular formula is C13H20ClN5. The van der Waals surface area contributed by atoms with Crippen LogP contribution in [0.5, 0.6) is 0 Å². The molecule has 2 aromatic rings. The maximum Gasteiger partial charge on any atom is 0.0837 e. The molecule has 1 atom stereocenters. The number of rotatable bonds is 3. The number of hydrogen-bond acceptors (Lipinski definition) is 3. The van der Waals surface area contributed by atoms with E-state index in [9.17, 15) is 0 Å². The lowest BCUT2D eigenvalue weighted by Gasteiger charge is -2.18. The molecule has 2 heterocycles. The lowest BCUT2D eigenvalue weighted by molar-refractivity contribution is 0.498. The third-order valence-corrected chi connectivity index (χ3v) is 3.74. The molecule has 0 radical (unpaired) electrons. The minimum Gasteiger partial charge on any atom is -0.319 e. The molecule has 104 valence electrons. The first kappa shape index (κ1) is 14.1. The topological polar surface area (TPSA) is 61.7 Å². The van der Waals surface area contributed by atoms with Gasteiger partial charge in [0.2, 0.25) is 0 Å². The highest BCUT2D eigenvalue weighted by Gasteiger charge is 2.25. The van der Waals surface area contributed by atoms with Crippen molar-refractivity contribution in [3.63, 3.8) is 0 Å². The van der Waals surface area contributed by atoms with Crippen LogP contribution in [0.15, 0.2) is 6.20 Å². The number of nitrogens with zero attached hydrogens (tertiary/aromatic N) is 4. The van der Waals surface area contributed by atoms with Crippen molar-refractivity contribution >= 4 is 11.6 Å². The van der Waals surface area contributed by atoms with Crippen molar-refractivity contribution in [2.24, 2.45) is 12.8 Å². The highest BCUT2D eigenvalue weighted by atomic mass is 35.5. The second-order valence-corrected chi connectivity index (χ2v) is 5.51. The zero-order valence-electron chi connectivity index (χ0n) is 12.0. The summed E-state index contributed by atoms with van der Waals surface area (Å²) < 4.78 is 3.72. The molecule has 0 saturated heterocycles. The van der Waals surface area contributed by atoms with Crippen LogP contribution in [0.1, 0.15) is 48.6 Å². The van der Waals surface area contributed by atoms with Crippen LogP contribution >= 0.6 is 11.6 Å². The third kappa shape index (κ3) is 2.28. The van der Waals surface area contributed by atoms with Crippen molar-refractivity contribution in [2.75, 3.05) is 0 Å². The molecule has 5 nitrogen and oxygen atoms in total. The molecule has 0 amide bonds. The maximum atomic E-state index is 6.42. The van der Waals surface area contributed by atoms with E-state index < -0.39 is 0 Å². The first-order valence-electron chi connectivity index (χ1n) is 6.33. The van der Waals surface area contributed by atoms with E-state index in [0.29, 0.717) is 5.02 Å². The van der Waals surface area contributed by atoms with Gasteiger partial charge in [0.15, 0.2) is 0 Å². The van der Waals surface area contributed by atoms with Gasteiger partial charge in [0, 0.05) is 24.3 Å². The van der Waals surface area contributed by atoms with Gasteiger partial charge < -0.3 is 5.73 Å². The van der Waals surface area contributed by atoms with Gasteiger partial charge in [-0.3, -0.25) is 9.36 Å². The Morgan fingerprint density at radius 1 is 1.32 bits per heavy atom. The fourth-order valence-corrected chi connectivity index (χ4v) is 2.68. The average Bonchev–Trinajstić information content (AvgIpc) is 2.81. The summed E-state index contributed by atoms with van der Waals surface area (Å²) in [7, 11) is 1.92. The van der Waals surface area contributed by atoms with Crippen LogP contribution in [0.25, 0.3) is 0 Å². The summed E-state index contributed by atoms with van der Waals surface area (Å²) in [5.74, 6) is 0. The van der Waals surface area contributed by atoms with Gasteiger partial charge in [-0.25, -0.2) is 0 Å². The molecule has 2 rings (SSSR count). The normalized spacial score (nSPS) is 13.3. The molecule has 0 fully saturated rings. The van der Waals surface area contributed by atoms with Gasteiger partial charge in [0.1, 0.15) is 0 Å². The highest BCUT2D eigenvalue weighted by Crippen LogP contribution is 2.31. The molecule has 2 N–H and O–H groups in total. The quantitative estimate of drug-likeness (QED) is 0.940. The van der Waals surface area contributed by atoms with Gasteiger partial charge in [0.05, 0.1) is 28.6 Å². The number of halogens is 1. The van der Waals surface area contributed by atoms with E-state index in [1.807, 2.05) is 30.3 Å². The highest BCUT2D eigenvalue weighted by molar-refractivity contribution is 6.31. The summed E-state index contributed by atoms with van der Waals surface area (Å²) in [6.07, 6.45) is 1.65. The van der Waals surface area contributed by atoms with Crippen molar-refractivity contribution < 1.29 is 0 Å². The Morgan fingerprint density at radius 3 is 2.42 bits per heavy atom. The van der Waals surface area contributed by atoms with E-state index >= 15 is 0 Å². The fraction of sp³-hybridized carbons (Fsp3) is 0.538. The Morgan fingerprint density at radius 2 is 1.95 bits per heavy atom. The second kappa shape index (κ2) is 4.98. The van der Waals surface area contributed by atoms with Crippen LogP contribution in [0.2, 0.25) is 5.02 Å². The molecule has 0 spiro atoms. The summed E-state index contributed by atoms with van der Waals surface area (Å²) in [5.41, 5.74) is 10.3. The first-order chi connectivity index (χ1) is 8.84. The number of aromatic nitrogens is 4. The molecule has 0 aliphatic rings. The summed E-state index contributed by atoms with van der Waals surface area (Å²) >= 11 is 6.25. The minimum absolute atomic E-state index is 0.214. The largest absolute Gasteiger partial charge is 0.319 e. The van der Waals surface area contributed by atoms with Crippen molar-refractivity contribution in [3.8, 4) is 0 Å². The zero-order chi connectivity index (χ0) is 14.3. The molecule has 19 heavy (non-hydrogen) atoms. The monoisotopic (exact) mass is 281 g/mol. The van der Waals surface area contributed by atoms with Crippen molar-refractivity contribution in [1.29, 1.82) is 0 Å². The maximum absolute atomic E-state index is 6.42. The Kier molecular flexibility index (Phi) is 3.69. The molecule has 2 aromatic heterocycles. The second-order valence-electron chi connectivity index (χ2n) is 5.10. The summed E-state index contributed by atoms with van der Waals surface area (Å²) in [6.45, 7) is 8.09. The molecule has 6 heteroatoms. The van der Waals surface area contributed by atoms with Gasteiger partial charge in [0.25, 0.3) is 0 Å². The predicted octanol–water partition coefficient (Wildman–Crippen LogP) is 2.52. The van der Waals surface area contributed by atoms with Crippen LogP contribution in [-0.4, -0.2) is 19.6 Å². The molecule has 0 aromatic carbocycles. The van der Waals surface area contributed by atoms with Gasteiger partial charge in [-0.1, -0.05) is 11.6 Å². The fourth-order valence-electron chi connectivity index (χ4n) is 2.43. The summed E-state index contributed by atoms with van der Waals surface area (Å²) in [5, 5.41) is 9.32. The Labute approximate surface area is 118 Å². The molecule has 0 aliphatic carbocycles. The van der Waals surface area contributed by atoms with Crippen molar-refractivity contribution in [2.45, 2.75) is 39.8 Å². The standard InChI is InChI=1S/C13H20ClN5/c1-7(2)19-13(10(14)6-16-19)12(15)11-8(3)17-18(5)9(11)4/h6-7,12H,15H2,1-5H3. The van der Waals surface area contributed by atoms with E-state index in [-0.39, 0.29) is 12.1 Å². The number of nitrogens with two attached hydrogens (primary N) is 1. The average molecular weight is 282 g/mol. The van der Waals surface area contributed by atoms with Gasteiger partial charge in [-0.2, -0.15) is 10.2 Å². The Hall–Kier alpha value is -1.33. The van der Waals surface area contributed by atoms with E-state index in [2.05, 4.69) is 24.0 Å². The van der Waals surface area contributed by atoms with Crippen molar-refractivity contribution in [1.82, 2.24) is 19.6 Å². The van der Waals surface area contributed by atoms with E-state index in [1.54, 1.807) is 6.20 Å². The molecule has 1 unspecified atom stereocenters. The minimum atomic E-state index is -0.314. The van der Waals surface area contributed by atoms with Crippen molar-refractivity contribution in [3.05, 3.63) is 33.9 Å². The van der Waals surface area contributed by atoms with Crippen LogP contribution in [-0.2, 0) is 7.05 Å². The predicted molar refractivity (Wildman–Crippen MR) is 76.3 cm³/mol. The lowest BCUT2D eigenvalue weighted by atomic mass is 10.0. The molecule has 0 bridgehead atoms. The van der Waals surface area contributed by atoms with E-state index in [0.717, 1.165) is 22.6 Å². The Bertz CT molecular complexity index is 596. The van der Waals surface area contributed by atoms with Crippen LogP contribution in [0.3, 0.4) is 0 Å². The van der Waals surface area contributed by atoms with Crippen LogP contribution < -0.4 is 5.73 Å². The molecule has 0 aliphatic heterocycles. The SMILES string of the molecule is Cc1nn(C)c(C)c1C(N)c1c(Cl)cnn1C(C)C. The summed E-state index contributed by atoms with van der Waals surface area (Å²) in [6, 6.07) is -0.100. The van der Waals surface area contributed by atoms with Gasteiger partial charge in [-0.05, 0) is 27.7 Å². The van der Waals surface area contributed by atoms with E-state index in [1.165, 1.54) is 0 Å². The smallest absolute Gasteiger partial charge is 0.0837 e. The zero-order valence-corrected chi connectivity index (χ0v) is 12.7. The number of hydrogen-bond donors (Lipinski definition) is 1. The van der Waals surface area contributed by atoms with Gasteiger partial charge >= 0.3 is 0 Å². The van der Waals surface area contributed by atoms with Crippen LogP contribution in [0.4, 0.5) is 0 Å². The van der Waals surface area contributed by atoms with Gasteiger partial charge in [-0.15, -0.1) is 0 Å². The Balaban J connectivity index is 2.56. The number of aryl methyl sites for hydroxylation is 2. The van der Waals surface area contributed by atoms with E-state index in [4.69, 9.17) is 17.3 Å². The summed E-state index contributed by atoms with van der Waals surface area (Å²) in [4.78, 5) is 0. The third-order valence-electron chi connectivity index (χ3n) is 3.45. The molecule has 0 saturated carbocycles. The lowest BCUT2D eigenvalue weighted by Crippen LogP contribution is -2.20. The first-order valence-corrected chi connectivity index (χ1v) is 6.71. The molecular weight excluding hydrogens is 262 g/mol.